The predicted molar refractivity (Wildman–Crippen MR) is 31.5 cm³/mol. The lowest BCUT2D eigenvalue weighted by Gasteiger charge is -1.92. The van der Waals surface area contributed by atoms with E-state index in [4.69, 9.17) is 5.73 Å². The van der Waals surface area contributed by atoms with E-state index in [0.717, 1.165) is 0 Å². The lowest BCUT2D eigenvalue weighted by atomic mass is 10.6. The SMILES string of the molecule is CN=C(N)CNC. The minimum Gasteiger partial charge on any atom is -0.386 e. The smallest absolute Gasteiger partial charge is 0.107 e. The van der Waals surface area contributed by atoms with Crippen molar-refractivity contribution >= 4 is 5.84 Å². The van der Waals surface area contributed by atoms with Crippen LogP contribution in [0.25, 0.3) is 0 Å². The van der Waals surface area contributed by atoms with Gasteiger partial charge in [0, 0.05) is 7.05 Å². The summed E-state index contributed by atoms with van der Waals surface area (Å²) in [7, 11) is 3.50. The molecule has 0 bridgehead atoms. The third-order valence-corrected chi connectivity index (χ3v) is 0.645. The van der Waals surface area contributed by atoms with Gasteiger partial charge >= 0.3 is 0 Å². The van der Waals surface area contributed by atoms with E-state index in [1.54, 1.807) is 7.05 Å². The maximum atomic E-state index is 5.27. The molecule has 0 aliphatic heterocycles. The molecule has 0 unspecified atom stereocenters. The summed E-state index contributed by atoms with van der Waals surface area (Å²) in [5.74, 6) is 0.641. The van der Waals surface area contributed by atoms with E-state index in [0.29, 0.717) is 12.4 Å². The average Bonchev–Trinajstić information content (AvgIpc) is 1.68. The first-order chi connectivity index (χ1) is 3.31. The van der Waals surface area contributed by atoms with Crippen molar-refractivity contribution in [2.24, 2.45) is 10.7 Å². The first-order valence-corrected chi connectivity index (χ1v) is 2.17. The van der Waals surface area contributed by atoms with Crippen LogP contribution in [0, 0.1) is 0 Å². The first kappa shape index (κ1) is 6.43. The number of nitrogens with two attached hydrogens (primary N) is 1. The topological polar surface area (TPSA) is 50.4 Å². The molecule has 0 aromatic rings. The highest BCUT2D eigenvalue weighted by Crippen LogP contribution is 1.57. The van der Waals surface area contributed by atoms with Gasteiger partial charge in [-0.3, -0.25) is 4.99 Å². The van der Waals surface area contributed by atoms with Crippen LogP contribution in [0.2, 0.25) is 0 Å². The zero-order valence-corrected chi connectivity index (χ0v) is 4.73. The molecule has 0 amide bonds. The van der Waals surface area contributed by atoms with E-state index in [1.807, 2.05) is 7.05 Å². The van der Waals surface area contributed by atoms with Crippen molar-refractivity contribution in [2.45, 2.75) is 0 Å². The van der Waals surface area contributed by atoms with Gasteiger partial charge in [0.25, 0.3) is 0 Å². The maximum Gasteiger partial charge on any atom is 0.107 e. The number of amidine groups is 1. The number of nitrogens with one attached hydrogen (secondary N) is 1. The van der Waals surface area contributed by atoms with Crippen molar-refractivity contribution in [2.75, 3.05) is 20.6 Å². The van der Waals surface area contributed by atoms with Gasteiger partial charge in [-0.15, -0.1) is 0 Å². The number of hydrogen-bond donors (Lipinski definition) is 2. The summed E-state index contributed by atoms with van der Waals surface area (Å²) < 4.78 is 0. The third kappa shape index (κ3) is 3.26. The van der Waals surface area contributed by atoms with Gasteiger partial charge in [0.15, 0.2) is 0 Å². The van der Waals surface area contributed by atoms with E-state index in [-0.39, 0.29) is 0 Å². The summed E-state index contributed by atoms with van der Waals surface area (Å²) >= 11 is 0. The normalized spacial score (nSPS) is 12.0. The van der Waals surface area contributed by atoms with Gasteiger partial charge in [0.1, 0.15) is 5.84 Å². The Kier molecular flexibility index (Phi) is 3.32. The molecule has 0 atom stereocenters. The molecule has 0 rings (SSSR count). The van der Waals surface area contributed by atoms with Crippen LogP contribution in [0.3, 0.4) is 0 Å². The fourth-order valence-corrected chi connectivity index (χ4v) is 0.260. The van der Waals surface area contributed by atoms with Crippen LogP contribution >= 0.6 is 0 Å². The highest BCUT2D eigenvalue weighted by Gasteiger charge is 1.80. The van der Waals surface area contributed by atoms with Crippen molar-refractivity contribution in [3.63, 3.8) is 0 Å². The molecule has 0 radical (unpaired) electrons. The third-order valence-electron chi connectivity index (χ3n) is 0.645. The second-order valence-corrected chi connectivity index (χ2v) is 1.25. The lowest BCUT2D eigenvalue weighted by Crippen LogP contribution is -2.25. The summed E-state index contributed by atoms with van der Waals surface area (Å²) in [5, 5.41) is 2.86. The minimum absolute atomic E-state index is 0.641. The summed E-state index contributed by atoms with van der Waals surface area (Å²) in [6.07, 6.45) is 0. The zero-order chi connectivity index (χ0) is 5.70. The van der Waals surface area contributed by atoms with Gasteiger partial charge in [-0.2, -0.15) is 0 Å². The number of aliphatic imine (C=N–C) groups is 1. The van der Waals surface area contributed by atoms with Crippen LogP contribution in [-0.2, 0) is 0 Å². The molecule has 3 heteroatoms. The van der Waals surface area contributed by atoms with Gasteiger partial charge < -0.3 is 11.1 Å². The Bertz CT molecular complexity index is 67.3. The number of nitrogens with zero attached hydrogens (tertiary/aromatic N) is 1. The summed E-state index contributed by atoms with van der Waals surface area (Å²) in [6.45, 7) is 0.677. The van der Waals surface area contributed by atoms with Crippen LogP contribution in [0.15, 0.2) is 4.99 Å². The van der Waals surface area contributed by atoms with Crippen molar-refractivity contribution in [3.8, 4) is 0 Å². The van der Waals surface area contributed by atoms with E-state index in [2.05, 4.69) is 10.3 Å². The quantitative estimate of drug-likeness (QED) is 0.353. The molecule has 0 saturated heterocycles. The molecule has 0 aromatic heterocycles. The highest BCUT2D eigenvalue weighted by molar-refractivity contribution is 5.82. The molecule has 42 valence electrons. The Morgan fingerprint density at radius 2 is 2.43 bits per heavy atom. The minimum atomic E-state index is 0.641. The van der Waals surface area contributed by atoms with Crippen molar-refractivity contribution in [3.05, 3.63) is 0 Å². The number of likely N-dealkylation sites (N-methyl/N-ethyl adjacent to an activating group) is 1. The fourth-order valence-electron chi connectivity index (χ4n) is 0.260. The summed E-state index contributed by atoms with van der Waals surface area (Å²) in [5.41, 5.74) is 5.27. The van der Waals surface area contributed by atoms with Crippen molar-refractivity contribution in [1.29, 1.82) is 0 Å². The molecule has 0 fully saturated rings. The molecule has 0 spiro atoms. The van der Waals surface area contributed by atoms with Crippen LogP contribution < -0.4 is 11.1 Å². The van der Waals surface area contributed by atoms with E-state index in [9.17, 15) is 0 Å². The molecule has 0 saturated carbocycles. The van der Waals surface area contributed by atoms with Gasteiger partial charge in [-0.05, 0) is 7.05 Å². The molecule has 0 aliphatic carbocycles. The fraction of sp³-hybridized carbons (Fsp3) is 0.750. The van der Waals surface area contributed by atoms with Gasteiger partial charge in [-0.25, -0.2) is 0 Å². The zero-order valence-electron chi connectivity index (χ0n) is 4.73. The lowest BCUT2D eigenvalue weighted by molar-refractivity contribution is 0.937. The highest BCUT2D eigenvalue weighted by atomic mass is 14.9. The summed E-state index contributed by atoms with van der Waals surface area (Å²) in [6, 6.07) is 0. The van der Waals surface area contributed by atoms with E-state index < -0.39 is 0 Å². The predicted octanol–water partition coefficient (Wildman–Crippen LogP) is -0.807. The average molecular weight is 101 g/mol. The van der Waals surface area contributed by atoms with Crippen LogP contribution in [0.1, 0.15) is 0 Å². The second-order valence-electron chi connectivity index (χ2n) is 1.25. The van der Waals surface area contributed by atoms with E-state index >= 15 is 0 Å². The summed E-state index contributed by atoms with van der Waals surface area (Å²) in [4.78, 5) is 3.71. The Labute approximate surface area is 43.6 Å². The van der Waals surface area contributed by atoms with Gasteiger partial charge in [0.05, 0.1) is 6.54 Å². The monoisotopic (exact) mass is 101 g/mol. The van der Waals surface area contributed by atoms with Gasteiger partial charge in [0.2, 0.25) is 0 Å². The standard InChI is InChI=1S/C4H11N3/c1-6-3-4(5)7-2/h6H,3H2,1-2H3,(H2,5,7). The molecule has 3 nitrogen and oxygen atoms in total. The molecule has 0 aliphatic rings. The number of rotatable bonds is 2. The molecule has 0 aromatic carbocycles. The largest absolute Gasteiger partial charge is 0.386 e. The Hall–Kier alpha value is -0.570. The molecule has 0 heterocycles. The van der Waals surface area contributed by atoms with Gasteiger partial charge in [-0.1, -0.05) is 0 Å². The Morgan fingerprint density at radius 3 is 2.57 bits per heavy atom. The number of hydrogen-bond acceptors (Lipinski definition) is 2. The maximum absolute atomic E-state index is 5.27. The van der Waals surface area contributed by atoms with Crippen LogP contribution in [0.4, 0.5) is 0 Å². The Balaban J connectivity index is 3.17. The van der Waals surface area contributed by atoms with Crippen molar-refractivity contribution < 1.29 is 0 Å². The Morgan fingerprint density at radius 1 is 1.86 bits per heavy atom. The molecular formula is C4H11N3. The molecule has 7 heavy (non-hydrogen) atoms. The first-order valence-electron chi connectivity index (χ1n) is 2.17. The molecular weight excluding hydrogens is 90.1 g/mol. The van der Waals surface area contributed by atoms with E-state index in [1.165, 1.54) is 0 Å². The van der Waals surface area contributed by atoms with Crippen LogP contribution in [0.5, 0.6) is 0 Å². The van der Waals surface area contributed by atoms with Crippen LogP contribution in [-0.4, -0.2) is 26.5 Å². The second kappa shape index (κ2) is 3.61. The van der Waals surface area contributed by atoms with Crippen molar-refractivity contribution in [1.82, 2.24) is 5.32 Å². The molecule has 3 N–H and O–H groups in total.